The molecule has 3 aromatic rings. The molecule has 33 heavy (non-hydrogen) atoms. The Hall–Kier alpha value is -3.17. The number of aromatic amines is 1. The summed E-state index contributed by atoms with van der Waals surface area (Å²) in [4.78, 5) is 28.6. The number of nitrogens with one attached hydrogen (secondary N) is 2. The third-order valence-corrected chi connectivity index (χ3v) is 6.83. The molecule has 0 unspecified atom stereocenters. The predicted molar refractivity (Wildman–Crippen MR) is 125 cm³/mol. The van der Waals surface area contributed by atoms with Crippen molar-refractivity contribution in [3.05, 3.63) is 63.2 Å². The molecule has 0 atom stereocenters. The molecule has 172 valence electrons. The molecule has 0 saturated carbocycles. The quantitative estimate of drug-likeness (QED) is 0.541. The number of hydrogen-bond acceptors (Lipinski definition) is 6. The van der Waals surface area contributed by atoms with Crippen molar-refractivity contribution in [2.45, 2.75) is 31.2 Å². The normalized spacial score (nSPS) is 16.6. The van der Waals surface area contributed by atoms with Gasteiger partial charge in [0.15, 0.2) is 16.3 Å². The highest BCUT2D eigenvalue weighted by Gasteiger charge is 2.36. The summed E-state index contributed by atoms with van der Waals surface area (Å²) in [5.41, 5.74) is 1.36. The van der Waals surface area contributed by atoms with Crippen molar-refractivity contribution >= 4 is 29.0 Å². The Morgan fingerprint density at radius 1 is 1.12 bits per heavy atom. The van der Waals surface area contributed by atoms with E-state index in [0.717, 1.165) is 29.9 Å². The van der Waals surface area contributed by atoms with E-state index in [4.69, 9.17) is 26.4 Å². The lowest BCUT2D eigenvalue weighted by Gasteiger charge is -2.38. The van der Waals surface area contributed by atoms with Crippen molar-refractivity contribution in [1.82, 2.24) is 14.9 Å². The van der Waals surface area contributed by atoms with Crippen molar-refractivity contribution in [3.63, 3.8) is 0 Å². The molecule has 0 spiro atoms. The summed E-state index contributed by atoms with van der Waals surface area (Å²) < 4.78 is 18.3. The second-order valence-electron chi connectivity index (χ2n) is 8.42. The summed E-state index contributed by atoms with van der Waals surface area (Å²) in [5.74, 6) is 1.34. The van der Waals surface area contributed by atoms with E-state index >= 15 is 0 Å². The largest absolute Gasteiger partial charge is 0.454 e. The molecule has 1 fully saturated rings. The molecule has 1 amide bonds. The standard InChI is InChI=1S/C24H25N3O5S/c28-21(7-10-27-22(29)17-3-1-2-4-18(17)26-23(27)33)25-14-24(8-11-30-12-9-24)16-5-6-19-20(13-16)32-15-31-19/h1-6,13H,7-12,14-15H2,(H,25,28)(H,26,33). The van der Waals surface area contributed by atoms with Gasteiger partial charge in [0, 0.05) is 38.1 Å². The van der Waals surface area contributed by atoms with Crippen LogP contribution in [0.15, 0.2) is 47.3 Å². The van der Waals surface area contributed by atoms with Gasteiger partial charge >= 0.3 is 0 Å². The van der Waals surface area contributed by atoms with Crippen LogP contribution < -0.4 is 20.3 Å². The molecule has 2 aliphatic rings. The second-order valence-corrected chi connectivity index (χ2v) is 8.81. The number of H-pyrrole nitrogens is 1. The number of amides is 1. The average molecular weight is 468 g/mol. The van der Waals surface area contributed by atoms with Gasteiger partial charge in [-0.1, -0.05) is 18.2 Å². The fourth-order valence-electron chi connectivity index (χ4n) is 4.53. The molecule has 3 heterocycles. The van der Waals surface area contributed by atoms with Gasteiger partial charge in [0.1, 0.15) is 0 Å². The smallest absolute Gasteiger partial charge is 0.262 e. The maximum absolute atomic E-state index is 12.8. The number of carbonyl (C=O) groups excluding carboxylic acids is 1. The summed E-state index contributed by atoms with van der Waals surface area (Å²) in [7, 11) is 0. The highest BCUT2D eigenvalue weighted by Crippen LogP contribution is 2.40. The van der Waals surface area contributed by atoms with Crippen LogP contribution in [0.4, 0.5) is 0 Å². The van der Waals surface area contributed by atoms with Gasteiger partial charge in [-0.2, -0.15) is 0 Å². The lowest BCUT2D eigenvalue weighted by Crippen LogP contribution is -2.44. The van der Waals surface area contributed by atoms with E-state index in [1.165, 1.54) is 4.57 Å². The van der Waals surface area contributed by atoms with Crippen molar-refractivity contribution < 1.29 is 19.0 Å². The van der Waals surface area contributed by atoms with Gasteiger partial charge in [-0.05, 0) is 54.9 Å². The highest BCUT2D eigenvalue weighted by atomic mass is 32.1. The van der Waals surface area contributed by atoms with Gasteiger partial charge in [0.2, 0.25) is 12.7 Å². The first kappa shape index (κ1) is 21.7. The van der Waals surface area contributed by atoms with E-state index in [2.05, 4.69) is 10.3 Å². The van der Waals surface area contributed by atoms with Gasteiger partial charge in [0.25, 0.3) is 5.56 Å². The molecule has 2 aromatic carbocycles. The van der Waals surface area contributed by atoms with Crippen LogP contribution in [0, 0.1) is 4.77 Å². The number of para-hydroxylation sites is 1. The number of ether oxygens (including phenoxy) is 3. The van der Waals surface area contributed by atoms with Crippen molar-refractivity contribution in [2.75, 3.05) is 26.6 Å². The van der Waals surface area contributed by atoms with Crippen molar-refractivity contribution in [2.24, 2.45) is 0 Å². The minimum Gasteiger partial charge on any atom is -0.454 e. The minimum atomic E-state index is -0.244. The Kier molecular flexibility index (Phi) is 5.90. The fourth-order valence-corrected chi connectivity index (χ4v) is 4.81. The van der Waals surface area contributed by atoms with E-state index in [9.17, 15) is 9.59 Å². The topological polar surface area (TPSA) is 94.6 Å². The zero-order chi connectivity index (χ0) is 22.8. The Morgan fingerprint density at radius 2 is 1.91 bits per heavy atom. The zero-order valence-corrected chi connectivity index (χ0v) is 18.9. The van der Waals surface area contributed by atoms with Crippen LogP contribution in [-0.4, -0.2) is 42.0 Å². The van der Waals surface area contributed by atoms with Gasteiger partial charge in [-0.25, -0.2) is 0 Å². The van der Waals surface area contributed by atoms with Crippen LogP contribution in [0.1, 0.15) is 24.8 Å². The molecule has 8 nitrogen and oxygen atoms in total. The average Bonchev–Trinajstić information content (AvgIpc) is 3.31. The van der Waals surface area contributed by atoms with E-state index in [1.807, 2.05) is 30.3 Å². The van der Waals surface area contributed by atoms with Crippen LogP contribution in [0.3, 0.4) is 0 Å². The number of aromatic nitrogens is 2. The first-order valence-corrected chi connectivity index (χ1v) is 11.4. The Morgan fingerprint density at radius 3 is 2.76 bits per heavy atom. The Bertz CT molecular complexity index is 1310. The molecule has 2 N–H and O–H groups in total. The van der Waals surface area contributed by atoms with Crippen LogP contribution in [0.25, 0.3) is 10.9 Å². The minimum absolute atomic E-state index is 0.129. The van der Waals surface area contributed by atoms with Gasteiger partial charge in [-0.15, -0.1) is 0 Å². The monoisotopic (exact) mass is 467 g/mol. The molecular weight excluding hydrogens is 442 g/mol. The van der Waals surface area contributed by atoms with Crippen molar-refractivity contribution in [3.8, 4) is 11.5 Å². The van der Waals surface area contributed by atoms with Gasteiger partial charge in [-0.3, -0.25) is 14.2 Å². The van der Waals surface area contributed by atoms with Gasteiger partial charge < -0.3 is 24.5 Å². The maximum Gasteiger partial charge on any atom is 0.262 e. The molecule has 0 radical (unpaired) electrons. The molecular formula is C24H25N3O5S. The summed E-state index contributed by atoms with van der Waals surface area (Å²) in [5, 5.41) is 3.63. The lowest BCUT2D eigenvalue weighted by molar-refractivity contribution is -0.121. The Labute approximate surface area is 195 Å². The van der Waals surface area contributed by atoms with E-state index in [-0.39, 0.29) is 36.6 Å². The van der Waals surface area contributed by atoms with Gasteiger partial charge in [0.05, 0.1) is 10.9 Å². The molecule has 0 bridgehead atoms. The molecule has 2 aliphatic heterocycles. The summed E-state index contributed by atoms with van der Waals surface area (Å²) >= 11 is 5.35. The molecule has 0 aliphatic carbocycles. The van der Waals surface area contributed by atoms with Crippen LogP contribution >= 0.6 is 12.2 Å². The molecule has 9 heteroatoms. The summed E-state index contributed by atoms with van der Waals surface area (Å²) in [6.45, 7) is 2.18. The molecule has 5 rings (SSSR count). The SMILES string of the molecule is O=C(CCn1c(=S)[nH]c2ccccc2c1=O)NCC1(c2ccc3c(c2)OCO3)CCOCC1. The first-order chi connectivity index (χ1) is 16.1. The molecule has 1 aromatic heterocycles. The third-order valence-electron chi connectivity index (χ3n) is 6.51. The second kappa shape index (κ2) is 8.99. The maximum atomic E-state index is 12.8. The van der Waals surface area contributed by atoms with Crippen LogP contribution in [0.5, 0.6) is 11.5 Å². The number of nitrogens with zero attached hydrogens (tertiary/aromatic N) is 1. The first-order valence-electron chi connectivity index (χ1n) is 11.0. The van der Waals surface area contributed by atoms with E-state index in [1.54, 1.807) is 12.1 Å². The number of carbonyl (C=O) groups is 1. The number of benzene rings is 2. The predicted octanol–water partition coefficient (Wildman–Crippen LogP) is 3.04. The third kappa shape index (κ3) is 4.26. The number of hydrogen-bond donors (Lipinski definition) is 2. The van der Waals surface area contributed by atoms with E-state index < -0.39 is 0 Å². The van der Waals surface area contributed by atoms with Crippen LogP contribution in [0.2, 0.25) is 0 Å². The summed E-state index contributed by atoms with van der Waals surface area (Å²) in [6, 6.07) is 13.2. The number of rotatable bonds is 6. The Balaban J connectivity index is 1.29. The lowest BCUT2D eigenvalue weighted by atomic mass is 9.74. The van der Waals surface area contributed by atoms with Crippen LogP contribution in [-0.2, 0) is 21.5 Å². The van der Waals surface area contributed by atoms with Crippen molar-refractivity contribution in [1.29, 1.82) is 0 Å². The molecule has 1 saturated heterocycles. The highest BCUT2D eigenvalue weighted by molar-refractivity contribution is 7.71. The fraction of sp³-hybridized carbons (Fsp3) is 0.375. The summed E-state index contributed by atoms with van der Waals surface area (Å²) in [6.07, 6.45) is 1.74. The van der Waals surface area contributed by atoms with E-state index in [0.29, 0.717) is 35.4 Å². The zero-order valence-electron chi connectivity index (χ0n) is 18.1. The number of fused-ring (bicyclic) bond motifs is 2.